The number of hydrogen-bond acceptors (Lipinski definition) is 4. The van der Waals surface area contributed by atoms with Crippen LogP contribution in [0.15, 0.2) is 46.6 Å². The number of nitrogens with zero attached hydrogens (tertiary/aromatic N) is 3. The number of hydrogen-bond donors (Lipinski definition) is 0. The predicted octanol–water partition coefficient (Wildman–Crippen LogP) is 4.42. The monoisotopic (exact) mass is 305 g/mol. The Morgan fingerprint density at radius 2 is 2.40 bits per heavy atom. The van der Waals surface area contributed by atoms with E-state index >= 15 is 0 Å². The minimum Gasteiger partial charge on any atom is -0.293 e. The van der Waals surface area contributed by atoms with Crippen molar-refractivity contribution >= 4 is 29.4 Å². The summed E-state index contributed by atoms with van der Waals surface area (Å²) in [4.78, 5) is 5.85. The van der Waals surface area contributed by atoms with Gasteiger partial charge in [-0.1, -0.05) is 25.5 Å². The maximum atomic E-state index is 4.34. The van der Waals surface area contributed by atoms with Gasteiger partial charge in [-0.05, 0) is 42.3 Å². The average Bonchev–Trinajstić information content (AvgIpc) is 3.04. The van der Waals surface area contributed by atoms with Crippen LogP contribution >= 0.6 is 23.7 Å². The summed E-state index contributed by atoms with van der Waals surface area (Å²) in [5.41, 5.74) is 1.01. The van der Waals surface area contributed by atoms with Gasteiger partial charge in [0.15, 0.2) is 0 Å². The molecule has 1 aliphatic heterocycles. The normalized spacial score (nSPS) is 22.1. The summed E-state index contributed by atoms with van der Waals surface area (Å²) in [5, 5.41) is 1.74. The number of allylic oxidation sites excluding steroid dienone is 1. The second-order valence-corrected chi connectivity index (χ2v) is 7.37. The van der Waals surface area contributed by atoms with Crippen LogP contribution < -0.4 is 0 Å². The quantitative estimate of drug-likeness (QED) is 0.779. The fourth-order valence-electron chi connectivity index (χ4n) is 2.24. The molecule has 1 unspecified atom stereocenters. The third-order valence-electron chi connectivity index (χ3n) is 3.30. The molecule has 1 saturated heterocycles. The van der Waals surface area contributed by atoms with Gasteiger partial charge in [0.25, 0.3) is 0 Å². The first-order valence-electron chi connectivity index (χ1n) is 7.00. The van der Waals surface area contributed by atoms with Crippen molar-refractivity contribution in [3.63, 3.8) is 0 Å². The Bertz CT molecular complexity index is 620. The number of pyridine rings is 1. The van der Waals surface area contributed by atoms with E-state index in [1.165, 1.54) is 22.8 Å². The van der Waals surface area contributed by atoms with E-state index in [0.29, 0.717) is 5.37 Å². The second-order valence-electron chi connectivity index (χ2n) is 4.86. The molecule has 0 N–H and O–H groups in total. The van der Waals surface area contributed by atoms with E-state index in [1.54, 1.807) is 0 Å². The summed E-state index contributed by atoms with van der Waals surface area (Å²) in [5.74, 6) is 0. The lowest BCUT2D eigenvalue weighted by Gasteiger charge is -2.18. The van der Waals surface area contributed by atoms with Crippen LogP contribution in [-0.4, -0.2) is 25.6 Å². The molecule has 1 fully saturated rings. The molecule has 0 amide bonds. The van der Waals surface area contributed by atoms with Crippen molar-refractivity contribution in [2.24, 2.45) is 0 Å². The molecule has 0 aromatic carbocycles. The molecule has 0 aliphatic carbocycles. The number of aromatic nitrogens is 2. The highest BCUT2D eigenvalue weighted by Gasteiger charge is 2.26. The van der Waals surface area contributed by atoms with Crippen molar-refractivity contribution < 1.29 is 0 Å². The topological polar surface area (TPSA) is 20.5 Å². The van der Waals surface area contributed by atoms with Crippen LogP contribution in [0.3, 0.4) is 0 Å². The minimum absolute atomic E-state index is 0.516. The summed E-state index contributed by atoms with van der Waals surface area (Å²) >= 11 is 3.81. The zero-order valence-electron chi connectivity index (χ0n) is 11.8. The molecule has 2 aromatic heterocycles. The van der Waals surface area contributed by atoms with Crippen LogP contribution in [0.5, 0.6) is 0 Å². The Balaban J connectivity index is 1.76. The molecule has 3 heterocycles. The standard InChI is InChI=1S/C15H19N3S2/c1-3-4-6-13-11-18(12(2)19-13)20-15-8-5-7-14-16-9-10-17(14)15/h5-10,12H,3-4,11H2,1-2H3. The molecule has 2 aromatic rings. The van der Waals surface area contributed by atoms with E-state index < -0.39 is 0 Å². The van der Waals surface area contributed by atoms with Crippen LogP contribution in [0, 0.1) is 0 Å². The van der Waals surface area contributed by atoms with Crippen molar-refractivity contribution in [1.29, 1.82) is 0 Å². The van der Waals surface area contributed by atoms with Gasteiger partial charge in [-0.25, -0.2) is 9.29 Å². The van der Waals surface area contributed by atoms with E-state index in [4.69, 9.17) is 0 Å². The van der Waals surface area contributed by atoms with Crippen molar-refractivity contribution in [3.05, 3.63) is 41.6 Å². The smallest absolute Gasteiger partial charge is 0.137 e. The highest BCUT2D eigenvalue weighted by molar-refractivity contribution is 8.05. The maximum absolute atomic E-state index is 4.34. The molecule has 0 saturated carbocycles. The Hall–Kier alpha value is -0.910. The number of unbranched alkanes of at least 4 members (excludes halogenated alkanes) is 1. The number of fused-ring (bicyclic) bond motifs is 1. The molecule has 1 atom stereocenters. The van der Waals surface area contributed by atoms with E-state index in [0.717, 1.165) is 12.2 Å². The average molecular weight is 305 g/mol. The molecule has 3 rings (SSSR count). The van der Waals surface area contributed by atoms with Gasteiger partial charge in [0.1, 0.15) is 5.65 Å². The van der Waals surface area contributed by atoms with Crippen LogP contribution in [0.4, 0.5) is 0 Å². The lowest BCUT2D eigenvalue weighted by Crippen LogP contribution is -2.18. The van der Waals surface area contributed by atoms with Crippen molar-refractivity contribution in [2.75, 3.05) is 6.54 Å². The molecule has 20 heavy (non-hydrogen) atoms. The number of rotatable bonds is 4. The van der Waals surface area contributed by atoms with Crippen LogP contribution in [-0.2, 0) is 0 Å². The first kappa shape index (κ1) is 14.0. The summed E-state index contributed by atoms with van der Waals surface area (Å²) in [6.07, 6.45) is 8.68. The van der Waals surface area contributed by atoms with Crippen molar-refractivity contribution in [3.8, 4) is 0 Å². The molecule has 106 valence electrons. The van der Waals surface area contributed by atoms with Gasteiger partial charge in [0, 0.05) is 18.9 Å². The Morgan fingerprint density at radius 1 is 1.50 bits per heavy atom. The van der Waals surface area contributed by atoms with Gasteiger partial charge in [-0.3, -0.25) is 4.40 Å². The second kappa shape index (κ2) is 6.24. The molecule has 3 nitrogen and oxygen atoms in total. The van der Waals surface area contributed by atoms with Gasteiger partial charge in [-0.15, -0.1) is 11.8 Å². The summed E-state index contributed by atoms with van der Waals surface area (Å²) < 4.78 is 4.59. The molecule has 0 spiro atoms. The summed E-state index contributed by atoms with van der Waals surface area (Å²) in [7, 11) is 0. The van der Waals surface area contributed by atoms with Crippen molar-refractivity contribution in [1.82, 2.24) is 13.7 Å². The van der Waals surface area contributed by atoms with Gasteiger partial charge < -0.3 is 0 Å². The first-order valence-corrected chi connectivity index (χ1v) is 8.65. The van der Waals surface area contributed by atoms with Crippen molar-refractivity contribution in [2.45, 2.75) is 37.1 Å². The number of imidazole rings is 1. The van der Waals surface area contributed by atoms with Crippen LogP contribution in [0.25, 0.3) is 5.65 Å². The maximum Gasteiger partial charge on any atom is 0.137 e. The first-order chi connectivity index (χ1) is 9.78. The molecular weight excluding hydrogens is 286 g/mol. The summed E-state index contributed by atoms with van der Waals surface area (Å²) in [6.45, 7) is 5.55. The van der Waals surface area contributed by atoms with E-state index in [9.17, 15) is 0 Å². The lowest BCUT2D eigenvalue weighted by atomic mass is 10.3. The fourth-order valence-corrected chi connectivity index (χ4v) is 4.61. The van der Waals surface area contributed by atoms with E-state index in [-0.39, 0.29) is 0 Å². The van der Waals surface area contributed by atoms with Gasteiger partial charge in [0.05, 0.1) is 10.4 Å². The Labute approximate surface area is 128 Å². The largest absolute Gasteiger partial charge is 0.293 e. The molecule has 0 bridgehead atoms. The third kappa shape index (κ3) is 2.90. The minimum atomic E-state index is 0.516. The van der Waals surface area contributed by atoms with Crippen LogP contribution in [0.1, 0.15) is 26.7 Å². The predicted molar refractivity (Wildman–Crippen MR) is 87.8 cm³/mol. The molecule has 5 heteroatoms. The zero-order valence-corrected chi connectivity index (χ0v) is 13.5. The Kier molecular flexibility index (Phi) is 4.38. The van der Waals surface area contributed by atoms with Crippen LogP contribution in [0.2, 0.25) is 0 Å². The fraction of sp³-hybridized carbons (Fsp3) is 0.400. The Morgan fingerprint density at radius 3 is 3.25 bits per heavy atom. The highest BCUT2D eigenvalue weighted by Crippen LogP contribution is 2.40. The van der Waals surface area contributed by atoms with Gasteiger partial charge in [0.2, 0.25) is 0 Å². The molecule has 1 aliphatic rings. The van der Waals surface area contributed by atoms with E-state index in [2.05, 4.69) is 45.7 Å². The van der Waals surface area contributed by atoms with E-state index in [1.807, 2.05) is 42.2 Å². The molecular formula is C15H19N3S2. The molecule has 0 radical (unpaired) electrons. The SMILES string of the molecule is CCCC=C1CN(Sc2cccc3nccn23)C(C)S1. The van der Waals surface area contributed by atoms with Gasteiger partial charge in [-0.2, -0.15) is 0 Å². The zero-order chi connectivity index (χ0) is 13.9. The van der Waals surface area contributed by atoms with Gasteiger partial charge >= 0.3 is 0 Å². The third-order valence-corrected chi connectivity index (χ3v) is 5.83. The highest BCUT2D eigenvalue weighted by atomic mass is 32.2. The summed E-state index contributed by atoms with van der Waals surface area (Å²) in [6, 6.07) is 6.27. The lowest BCUT2D eigenvalue weighted by molar-refractivity contribution is 0.529. The number of thioether (sulfide) groups is 1.